The highest BCUT2D eigenvalue weighted by Crippen LogP contribution is 2.53. The molecule has 2 atom stereocenters. The predicted molar refractivity (Wildman–Crippen MR) is 61.8 cm³/mol. The van der Waals surface area contributed by atoms with Crippen LogP contribution in [0.2, 0.25) is 0 Å². The molecule has 0 bridgehead atoms. The number of nitrogens with one attached hydrogen (secondary N) is 1. The Labute approximate surface area is 92.8 Å². The maximum atomic E-state index is 5.69. The van der Waals surface area contributed by atoms with Crippen molar-refractivity contribution in [1.29, 1.82) is 0 Å². The van der Waals surface area contributed by atoms with Crippen LogP contribution in [0, 0.1) is 0 Å². The number of benzene rings is 1. The largest absolute Gasteiger partial charge is 0.329 e. The third-order valence-corrected chi connectivity index (χ3v) is 3.73. The lowest BCUT2D eigenvalue weighted by Crippen LogP contribution is -2.09. The number of nitrogen functional groups attached to an aromatic ring is 1. The Morgan fingerprint density at radius 2 is 2.00 bits per heavy atom. The summed E-state index contributed by atoms with van der Waals surface area (Å²) in [6.07, 6.45) is 1.25. The van der Waals surface area contributed by atoms with Crippen LogP contribution in [0.1, 0.15) is 29.5 Å². The van der Waals surface area contributed by atoms with Gasteiger partial charge in [-0.25, -0.2) is 4.98 Å². The van der Waals surface area contributed by atoms with Crippen LogP contribution in [-0.4, -0.2) is 0 Å². The predicted octanol–water partition coefficient (Wildman–Crippen LogP) is 2.42. The van der Waals surface area contributed by atoms with Crippen molar-refractivity contribution in [2.24, 2.45) is 0 Å². The number of hydrogen-bond acceptors (Lipinski definition) is 2. The number of aromatic amines is 1. The number of hydrogen-bond donors (Lipinski definition) is 1. The van der Waals surface area contributed by atoms with E-state index in [4.69, 9.17) is 5.73 Å². The third kappa shape index (κ3) is 1.63. The zero-order valence-corrected chi connectivity index (χ0v) is 9.13. The highest BCUT2D eigenvalue weighted by Gasteiger charge is 2.42. The number of anilines is 1. The number of thiazole rings is 1. The van der Waals surface area contributed by atoms with Crippen LogP contribution in [0.4, 0.5) is 5.13 Å². The highest BCUT2D eigenvalue weighted by atomic mass is 32.1. The molecule has 1 heterocycles. The van der Waals surface area contributed by atoms with Crippen LogP contribution in [0.25, 0.3) is 0 Å². The molecule has 1 aliphatic carbocycles. The van der Waals surface area contributed by atoms with Crippen LogP contribution < -0.4 is 10.7 Å². The van der Waals surface area contributed by atoms with E-state index >= 15 is 0 Å². The zero-order valence-electron chi connectivity index (χ0n) is 8.31. The van der Waals surface area contributed by atoms with Gasteiger partial charge in [-0.2, -0.15) is 0 Å². The second kappa shape index (κ2) is 3.35. The quantitative estimate of drug-likeness (QED) is 0.824. The Morgan fingerprint density at radius 3 is 2.67 bits per heavy atom. The SMILES string of the molecule is Nc1[nH+]c(C2CC2c2ccccc2)cs1. The van der Waals surface area contributed by atoms with E-state index in [1.165, 1.54) is 17.7 Å². The van der Waals surface area contributed by atoms with E-state index in [0.717, 1.165) is 5.13 Å². The molecule has 1 aromatic carbocycles. The van der Waals surface area contributed by atoms with Crippen molar-refractivity contribution in [3.05, 3.63) is 47.0 Å². The van der Waals surface area contributed by atoms with E-state index in [1.54, 1.807) is 11.3 Å². The minimum absolute atomic E-state index is 0.654. The molecule has 0 spiro atoms. The Hall–Kier alpha value is -1.35. The third-order valence-electron chi connectivity index (χ3n) is 3.00. The van der Waals surface area contributed by atoms with Gasteiger partial charge in [0.2, 0.25) is 0 Å². The van der Waals surface area contributed by atoms with Gasteiger partial charge in [0.05, 0.1) is 0 Å². The van der Waals surface area contributed by atoms with Gasteiger partial charge in [0.25, 0.3) is 0 Å². The average molecular weight is 217 g/mol. The van der Waals surface area contributed by atoms with E-state index in [2.05, 4.69) is 40.7 Å². The van der Waals surface area contributed by atoms with Crippen molar-refractivity contribution >= 4 is 16.5 Å². The second-order valence-electron chi connectivity index (χ2n) is 4.04. The molecule has 2 aromatic rings. The minimum atomic E-state index is 0.654. The number of aromatic nitrogens is 1. The van der Waals surface area contributed by atoms with E-state index in [0.29, 0.717) is 11.8 Å². The van der Waals surface area contributed by atoms with E-state index in [-0.39, 0.29) is 0 Å². The lowest BCUT2D eigenvalue weighted by Gasteiger charge is -1.96. The Bertz CT molecular complexity index is 463. The summed E-state index contributed by atoms with van der Waals surface area (Å²) in [5.74, 6) is 1.34. The van der Waals surface area contributed by atoms with Crippen molar-refractivity contribution in [2.75, 3.05) is 5.73 Å². The Morgan fingerprint density at radius 1 is 1.20 bits per heavy atom. The smallest absolute Gasteiger partial charge is 0.278 e. The van der Waals surface area contributed by atoms with Gasteiger partial charge in [0.15, 0.2) is 0 Å². The molecule has 1 fully saturated rings. The standard InChI is InChI=1S/C12H12N2S/c13-12-14-11(7-15-12)10-6-9(10)8-4-2-1-3-5-8/h1-5,7,9-10H,6H2,(H2,13,14)/p+1. The van der Waals surface area contributed by atoms with Gasteiger partial charge in [0.1, 0.15) is 5.69 Å². The summed E-state index contributed by atoms with van der Waals surface area (Å²) >= 11 is 1.59. The molecule has 2 nitrogen and oxygen atoms in total. The normalized spacial score (nSPS) is 24.0. The summed E-state index contributed by atoms with van der Waals surface area (Å²) < 4.78 is 0. The first kappa shape index (κ1) is 8.92. The molecule has 76 valence electrons. The van der Waals surface area contributed by atoms with Gasteiger partial charge in [0, 0.05) is 11.3 Å². The van der Waals surface area contributed by atoms with Crippen molar-refractivity contribution in [3.8, 4) is 0 Å². The molecule has 1 saturated carbocycles. The minimum Gasteiger partial charge on any atom is -0.278 e. The molecule has 0 amide bonds. The lowest BCUT2D eigenvalue weighted by atomic mass is 10.1. The average Bonchev–Trinajstić information content (AvgIpc) is 2.96. The molecule has 0 aliphatic heterocycles. The van der Waals surface area contributed by atoms with Gasteiger partial charge in [-0.05, 0) is 17.9 Å². The molecular weight excluding hydrogens is 204 g/mol. The van der Waals surface area contributed by atoms with Crippen molar-refractivity contribution < 1.29 is 4.98 Å². The van der Waals surface area contributed by atoms with E-state index in [1.807, 2.05) is 0 Å². The fourth-order valence-corrected chi connectivity index (χ4v) is 2.78. The Balaban J connectivity index is 1.80. The van der Waals surface area contributed by atoms with Gasteiger partial charge in [-0.15, -0.1) is 0 Å². The highest BCUT2D eigenvalue weighted by molar-refractivity contribution is 7.13. The first-order valence-corrected chi connectivity index (χ1v) is 6.03. The number of nitrogens with two attached hydrogens (primary N) is 1. The summed E-state index contributed by atoms with van der Waals surface area (Å²) in [7, 11) is 0. The van der Waals surface area contributed by atoms with E-state index in [9.17, 15) is 0 Å². The van der Waals surface area contributed by atoms with E-state index < -0.39 is 0 Å². The second-order valence-corrected chi connectivity index (χ2v) is 4.95. The van der Waals surface area contributed by atoms with Crippen LogP contribution in [0.3, 0.4) is 0 Å². The summed E-state index contributed by atoms with van der Waals surface area (Å²) in [4.78, 5) is 3.23. The van der Waals surface area contributed by atoms with Crippen molar-refractivity contribution in [2.45, 2.75) is 18.3 Å². The molecule has 2 unspecified atom stereocenters. The molecule has 0 radical (unpaired) electrons. The summed E-state index contributed by atoms with van der Waals surface area (Å²) in [5, 5.41) is 2.95. The number of H-pyrrole nitrogens is 1. The van der Waals surface area contributed by atoms with Crippen LogP contribution in [0.15, 0.2) is 35.7 Å². The maximum absolute atomic E-state index is 5.69. The molecule has 15 heavy (non-hydrogen) atoms. The summed E-state index contributed by atoms with van der Waals surface area (Å²) in [5.41, 5.74) is 8.43. The van der Waals surface area contributed by atoms with Crippen LogP contribution in [0.5, 0.6) is 0 Å². The fourth-order valence-electron chi connectivity index (χ4n) is 2.12. The first-order valence-electron chi connectivity index (χ1n) is 5.16. The van der Waals surface area contributed by atoms with Gasteiger partial charge in [-0.3, -0.25) is 5.73 Å². The topological polar surface area (TPSA) is 40.2 Å². The van der Waals surface area contributed by atoms with Crippen LogP contribution in [-0.2, 0) is 0 Å². The number of rotatable bonds is 2. The van der Waals surface area contributed by atoms with Crippen molar-refractivity contribution in [1.82, 2.24) is 0 Å². The summed E-state index contributed by atoms with van der Waals surface area (Å²) in [6.45, 7) is 0. The molecule has 0 saturated heterocycles. The molecule has 1 aromatic heterocycles. The molecule has 1 aliphatic rings. The zero-order chi connectivity index (χ0) is 10.3. The van der Waals surface area contributed by atoms with Crippen LogP contribution >= 0.6 is 11.3 Å². The maximum Gasteiger partial charge on any atom is 0.329 e. The molecule has 3 N–H and O–H groups in total. The Kier molecular flexibility index (Phi) is 1.99. The molecular formula is C12H13N2S+. The van der Waals surface area contributed by atoms with Gasteiger partial charge in [-0.1, -0.05) is 41.7 Å². The summed E-state index contributed by atoms with van der Waals surface area (Å²) in [6, 6.07) is 10.7. The lowest BCUT2D eigenvalue weighted by molar-refractivity contribution is -0.367. The fraction of sp³-hybridized carbons (Fsp3) is 0.250. The van der Waals surface area contributed by atoms with Gasteiger partial charge >= 0.3 is 5.13 Å². The van der Waals surface area contributed by atoms with Crippen molar-refractivity contribution in [3.63, 3.8) is 0 Å². The monoisotopic (exact) mass is 217 g/mol. The van der Waals surface area contributed by atoms with Gasteiger partial charge < -0.3 is 0 Å². The molecule has 3 heteroatoms. The molecule has 3 rings (SSSR count). The first-order chi connectivity index (χ1) is 7.34.